The number of hydrogen-bond donors (Lipinski definition) is 7. The van der Waals surface area contributed by atoms with Gasteiger partial charge in [-0.25, -0.2) is 9.48 Å². The maximum atomic E-state index is 12.2. The van der Waals surface area contributed by atoms with E-state index in [1.807, 2.05) is 16.8 Å². The number of aliphatic hydroxyl groups is 6. The predicted molar refractivity (Wildman–Crippen MR) is 148 cm³/mol. The van der Waals surface area contributed by atoms with Gasteiger partial charge in [-0.2, -0.15) is 11.3 Å². The van der Waals surface area contributed by atoms with E-state index in [-0.39, 0.29) is 6.54 Å². The van der Waals surface area contributed by atoms with Crippen molar-refractivity contribution in [1.82, 2.24) is 15.0 Å². The third-order valence-electron chi connectivity index (χ3n) is 8.20. The van der Waals surface area contributed by atoms with Crippen LogP contribution in [0.3, 0.4) is 0 Å². The summed E-state index contributed by atoms with van der Waals surface area (Å²) < 4.78 is 30.4. The molecular weight excluding hydrogens is 606 g/mol. The standard InChI is InChI=1S/C27H39N3O13S/c1-12-19(32)21(34)22(35)26(39-12)41-15-4-2-3-5-16(15)42-27-23(36)24(20(33)18(10-31)43-27)40-17(25(37)38)9-30-8-14(28-29-30)13-6-7-44-11-13/h6-8,11-12,15-24,26-27,31-36H,2-5,9-10H2,1H3,(H,37,38)/t12-,15+,16+,17-,18+,19+,20-,21+,22-,23+,24-,26-,27+/m0/s1. The second-order valence-corrected chi connectivity index (χ2v) is 12.1. The van der Waals surface area contributed by atoms with Gasteiger partial charge in [0.05, 0.1) is 37.7 Å². The zero-order valence-electron chi connectivity index (χ0n) is 23.9. The van der Waals surface area contributed by atoms with Crippen molar-refractivity contribution in [3.8, 4) is 11.3 Å². The van der Waals surface area contributed by atoms with E-state index in [0.29, 0.717) is 18.5 Å². The van der Waals surface area contributed by atoms with E-state index in [9.17, 15) is 40.5 Å². The van der Waals surface area contributed by atoms with Crippen molar-refractivity contribution < 1.29 is 64.2 Å². The number of carboxylic acids is 1. The summed E-state index contributed by atoms with van der Waals surface area (Å²) in [6.45, 7) is 0.566. The van der Waals surface area contributed by atoms with Gasteiger partial charge in [0.15, 0.2) is 18.7 Å². The Hall–Kier alpha value is -2.13. The number of nitrogens with zero attached hydrogens (tertiary/aromatic N) is 3. The number of rotatable bonds is 11. The van der Waals surface area contributed by atoms with Crippen LogP contribution in [0.1, 0.15) is 32.6 Å². The molecule has 0 amide bonds. The lowest BCUT2D eigenvalue weighted by atomic mass is 9.93. The Morgan fingerprint density at radius 3 is 2.32 bits per heavy atom. The molecule has 1 saturated carbocycles. The molecule has 1 aliphatic carbocycles. The monoisotopic (exact) mass is 645 g/mol. The normalized spacial score (nSPS) is 38.8. The number of aliphatic carboxylic acids is 1. The Morgan fingerprint density at radius 2 is 1.70 bits per heavy atom. The van der Waals surface area contributed by atoms with Crippen LogP contribution >= 0.6 is 11.3 Å². The zero-order valence-corrected chi connectivity index (χ0v) is 24.7. The molecule has 3 fully saturated rings. The maximum Gasteiger partial charge on any atom is 0.334 e. The molecule has 0 spiro atoms. The molecule has 13 atom stereocenters. The molecule has 0 aromatic carbocycles. The van der Waals surface area contributed by atoms with E-state index in [0.717, 1.165) is 18.4 Å². The largest absolute Gasteiger partial charge is 0.479 e. The summed E-state index contributed by atoms with van der Waals surface area (Å²) in [5.41, 5.74) is 1.35. The summed E-state index contributed by atoms with van der Waals surface area (Å²) in [4.78, 5) is 12.2. The first-order valence-electron chi connectivity index (χ1n) is 14.5. The van der Waals surface area contributed by atoms with Gasteiger partial charge in [-0.15, -0.1) is 5.10 Å². The van der Waals surface area contributed by atoms with Crippen LogP contribution in [0.4, 0.5) is 0 Å². The minimum Gasteiger partial charge on any atom is -0.479 e. The highest BCUT2D eigenvalue weighted by molar-refractivity contribution is 7.08. The Balaban J connectivity index is 1.27. The Bertz CT molecular complexity index is 1200. The van der Waals surface area contributed by atoms with Crippen molar-refractivity contribution in [2.45, 2.75) is 119 Å². The van der Waals surface area contributed by atoms with E-state index >= 15 is 0 Å². The molecule has 7 N–H and O–H groups in total. The maximum absolute atomic E-state index is 12.2. The van der Waals surface area contributed by atoms with E-state index in [1.54, 1.807) is 6.20 Å². The number of carboxylic acid groups (broad SMARTS) is 1. The van der Waals surface area contributed by atoms with Crippen molar-refractivity contribution in [2.24, 2.45) is 0 Å². The van der Waals surface area contributed by atoms with Crippen molar-refractivity contribution in [1.29, 1.82) is 0 Å². The molecule has 44 heavy (non-hydrogen) atoms. The third kappa shape index (κ3) is 7.30. The van der Waals surface area contributed by atoms with Crippen LogP contribution in [0.25, 0.3) is 11.3 Å². The molecule has 16 nitrogen and oxygen atoms in total. The van der Waals surface area contributed by atoms with E-state index in [1.165, 1.54) is 22.9 Å². The molecular formula is C27H39N3O13S. The topological polar surface area (TPSA) is 236 Å². The highest BCUT2D eigenvalue weighted by atomic mass is 32.1. The van der Waals surface area contributed by atoms with Gasteiger partial charge in [0.1, 0.15) is 48.4 Å². The van der Waals surface area contributed by atoms with Crippen molar-refractivity contribution in [3.63, 3.8) is 0 Å². The third-order valence-corrected chi connectivity index (χ3v) is 8.88. The predicted octanol–water partition coefficient (Wildman–Crippen LogP) is -1.54. The molecule has 2 saturated heterocycles. The van der Waals surface area contributed by atoms with Crippen LogP contribution in [-0.2, 0) is 35.0 Å². The van der Waals surface area contributed by atoms with Gasteiger partial charge < -0.3 is 59.4 Å². The van der Waals surface area contributed by atoms with Crippen LogP contribution in [0.5, 0.6) is 0 Å². The Morgan fingerprint density at radius 1 is 1.02 bits per heavy atom. The lowest BCUT2D eigenvalue weighted by molar-refractivity contribution is -0.345. The lowest BCUT2D eigenvalue weighted by Gasteiger charge is -2.45. The molecule has 0 unspecified atom stereocenters. The number of thiophene rings is 1. The summed E-state index contributed by atoms with van der Waals surface area (Å²) >= 11 is 1.47. The van der Waals surface area contributed by atoms with Gasteiger partial charge in [0, 0.05) is 10.9 Å². The summed E-state index contributed by atoms with van der Waals surface area (Å²) in [5.74, 6) is -1.38. The average Bonchev–Trinajstić information content (AvgIpc) is 3.71. The highest BCUT2D eigenvalue weighted by Gasteiger charge is 2.50. The number of carbonyl (C=O) groups is 1. The van der Waals surface area contributed by atoms with Crippen LogP contribution in [0.15, 0.2) is 23.0 Å². The fourth-order valence-electron chi connectivity index (χ4n) is 5.64. The van der Waals surface area contributed by atoms with Gasteiger partial charge >= 0.3 is 5.97 Å². The van der Waals surface area contributed by atoms with Crippen LogP contribution in [-0.4, -0.2) is 143 Å². The van der Waals surface area contributed by atoms with Crippen molar-refractivity contribution >= 4 is 17.3 Å². The fraction of sp³-hybridized carbons (Fsp3) is 0.741. The summed E-state index contributed by atoms with van der Waals surface area (Å²) in [6, 6.07) is 1.84. The fourth-order valence-corrected chi connectivity index (χ4v) is 6.29. The average molecular weight is 646 g/mol. The highest BCUT2D eigenvalue weighted by Crippen LogP contribution is 2.33. The first-order chi connectivity index (χ1) is 21.1. The van der Waals surface area contributed by atoms with E-state index in [2.05, 4.69) is 10.3 Å². The summed E-state index contributed by atoms with van der Waals surface area (Å²) in [7, 11) is 0. The van der Waals surface area contributed by atoms with Crippen molar-refractivity contribution in [3.05, 3.63) is 23.0 Å². The quantitative estimate of drug-likeness (QED) is 0.147. The van der Waals surface area contributed by atoms with Crippen LogP contribution < -0.4 is 0 Å². The minimum atomic E-state index is -1.68. The molecule has 4 heterocycles. The van der Waals surface area contributed by atoms with Gasteiger partial charge in [0.25, 0.3) is 0 Å². The second-order valence-electron chi connectivity index (χ2n) is 11.3. The Labute approximate surface area is 256 Å². The molecule has 3 aliphatic rings. The number of aromatic nitrogens is 3. The zero-order chi connectivity index (χ0) is 31.5. The molecule has 0 bridgehead atoms. The number of hydrogen-bond acceptors (Lipinski definition) is 15. The van der Waals surface area contributed by atoms with Gasteiger partial charge in [0.2, 0.25) is 0 Å². The van der Waals surface area contributed by atoms with E-state index in [4.69, 9.17) is 23.7 Å². The van der Waals surface area contributed by atoms with E-state index < -0.39 is 92.3 Å². The SMILES string of the molecule is C[C@@H]1O[C@@H](O[C@@H]2CCCC[C@H]2O[C@@H]2O[C@H](CO)[C@H](O)[C@H](O[C@@H](Cn3cc(-c4ccsc4)nn3)C(=O)O)[C@H]2O)[C@@H](O)[C@H](O)[C@@H]1O. The molecule has 5 rings (SSSR count). The Kier molecular flexibility index (Phi) is 11.0. The number of aliphatic hydroxyl groups excluding tert-OH is 6. The molecule has 2 aromatic rings. The first kappa shape index (κ1) is 33.2. The summed E-state index contributed by atoms with van der Waals surface area (Å²) in [5, 5.41) is 84.2. The molecule has 2 aliphatic heterocycles. The van der Waals surface area contributed by atoms with Gasteiger partial charge in [-0.1, -0.05) is 18.1 Å². The number of ether oxygens (including phenoxy) is 5. The van der Waals surface area contributed by atoms with Crippen LogP contribution in [0, 0.1) is 0 Å². The molecule has 2 aromatic heterocycles. The van der Waals surface area contributed by atoms with Crippen molar-refractivity contribution in [2.75, 3.05) is 6.61 Å². The first-order valence-corrected chi connectivity index (χ1v) is 15.5. The molecule has 246 valence electrons. The smallest absolute Gasteiger partial charge is 0.334 e. The summed E-state index contributed by atoms with van der Waals surface area (Å²) in [6.07, 6.45) is -12.9. The van der Waals surface area contributed by atoms with Gasteiger partial charge in [-0.05, 0) is 31.2 Å². The van der Waals surface area contributed by atoms with Crippen LogP contribution in [0.2, 0.25) is 0 Å². The molecule has 17 heteroatoms. The molecule has 0 radical (unpaired) electrons. The van der Waals surface area contributed by atoms with Gasteiger partial charge in [-0.3, -0.25) is 0 Å². The second kappa shape index (κ2) is 14.5. The lowest BCUT2D eigenvalue weighted by Crippen LogP contribution is -2.62. The minimum absolute atomic E-state index is 0.292.